The topological polar surface area (TPSA) is 68.6 Å². The summed E-state index contributed by atoms with van der Waals surface area (Å²) in [6, 6.07) is 10.3. The molecule has 0 saturated carbocycles. The van der Waals surface area contributed by atoms with Crippen molar-refractivity contribution in [2.45, 2.75) is 13.2 Å². The fourth-order valence-electron chi connectivity index (χ4n) is 3.03. The predicted molar refractivity (Wildman–Crippen MR) is 84.9 cm³/mol. The first-order valence-corrected chi connectivity index (χ1v) is 7.43. The van der Waals surface area contributed by atoms with E-state index in [9.17, 15) is 0 Å². The summed E-state index contributed by atoms with van der Waals surface area (Å²) < 4.78 is 7.55. The van der Waals surface area contributed by atoms with Crippen LogP contribution in [-0.2, 0) is 18.0 Å². The van der Waals surface area contributed by atoms with Crippen molar-refractivity contribution in [3.8, 4) is 17.2 Å². The van der Waals surface area contributed by atoms with Crippen LogP contribution in [0, 0.1) is 0 Å². The second-order valence-electron chi connectivity index (χ2n) is 5.54. The fourth-order valence-corrected chi connectivity index (χ4v) is 3.03. The number of pyridine rings is 1. The van der Waals surface area contributed by atoms with Crippen molar-refractivity contribution in [1.29, 1.82) is 0 Å². The summed E-state index contributed by atoms with van der Waals surface area (Å²) in [5, 5.41) is 8.28. The third-order valence-electron chi connectivity index (χ3n) is 4.18. The number of H-pyrrole nitrogens is 1. The van der Waals surface area contributed by atoms with Crippen LogP contribution in [0.4, 0.5) is 0 Å². The summed E-state index contributed by atoms with van der Waals surface area (Å²) in [5.41, 5.74) is 5.12. The zero-order chi connectivity index (χ0) is 15.2. The molecule has 0 amide bonds. The van der Waals surface area contributed by atoms with Gasteiger partial charge < -0.3 is 4.74 Å². The number of nitrogens with one attached hydrogen (secondary N) is 1. The molecule has 6 nitrogen and oxygen atoms in total. The molecular weight excluding hydrogens is 290 g/mol. The lowest BCUT2D eigenvalue weighted by atomic mass is 10.1. The molecule has 0 spiro atoms. The standard InChI is InChI=1S/C17H13N5O/c1-2-14-15(20-21-16(14)18-5-1)17-19-6-7-22(17)13-4-3-11-9-23-10-12(11)8-13/h1-8H,9-10H2,(H,18,20,21). The van der Waals surface area contributed by atoms with Gasteiger partial charge in [-0.05, 0) is 35.4 Å². The minimum Gasteiger partial charge on any atom is -0.372 e. The van der Waals surface area contributed by atoms with E-state index in [0.29, 0.717) is 18.9 Å². The van der Waals surface area contributed by atoms with Gasteiger partial charge in [-0.15, -0.1) is 0 Å². The Morgan fingerprint density at radius 3 is 3.00 bits per heavy atom. The number of imidazole rings is 1. The first kappa shape index (κ1) is 12.5. The van der Waals surface area contributed by atoms with Gasteiger partial charge in [-0.25, -0.2) is 9.97 Å². The number of nitrogens with zero attached hydrogens (tertiary/aromatic N) is 4. The van der Waals surface area contributed by atoms with E-state index in [1.54, 1.807) is 12.4 Å². The van der Waals surface area contributed by atoms with Crippen molar-refractivity contribution >= 4 is 11.0 Å². The number of hydrogen-bond donors (Lipinski definition) is 1. The Kier molecular flexibility index (Phi) is 2.59. The molecule has 1 aliphatic heterocycles. The molecule has 0 aliphatic carbocycles. The highest BCUT2D eigenvalue weighted by molar-refractivity contribution is 5.88. The Bertz CT molecular complexity index is 1020. The molecule has 1 aliphatic rings. The van der Waals surface area contributed by atoms with Gasteiger partial charge in [0.05, 0.1) is 13.2 Å². The number of aromatic amines is 1. The second kappa shape index (κ2) is 4.76. The molecule has 6 heteroatoms. The fraction of sp³-hybridized carbons (Fsp3) is 0.118. The maximum atomic E-state index is 5.50. The SMILES string of the molecule is c1cnc2n[nH]c(-c3nccn3-c3ccc4c(c3)COC4)c2c1. The minimum atomic E-state index is 0.671. The number of fused-ring (bicyclic) bond motifs is 2. The highest BCUT2D eigenvalue weighted by atomic mass is 16.5. The molecule has 1 N–H and O–H groups in total. The number of aromatic nitrogens is 5. The zero-order valence-corrected chi connectivity index (χ0v) is 12.2. The van der Waals surface area contributed by atoms with Crippen molar-refractivity contribution in [3.05, 3.63) is 60.0 Å². The van der Waals surface area contributed by atoms with E-state index >= 15 is 0 Å². The molecule has 0 saturated heterocycles. The molecule has 4 aromatic rings. The van der Waals surface area contributed by atoms with Gasteiger partial charge in [0.25, 0.3) is 0 Å². The van der Waals surface area contributed by atoms with Gasteiger partial charge in [0.15, 0.2) is 11.5 Å². The summed E-state index contributed by atoms with van der Waals surface area (Å²) in [4.78, 5) is 8.78. The number of benzene rings is 1. The maximum Gasteiger partial charge on any atom is 0.181 e. The maximum absolute atomic E-state index is 5.50. The van der Waals surface area contributed by atoms with E-state index in [1.165, 1.54) is 11.1 Å². The smallest absolute Gasteiger partial charge is 0.181 e. The van der Waals surface area contributed by atoms with Crippen molar-refractivity contribution < 1.29 is 4.74 Å². The van der Waals surface area contributed by atoms with Crippen LogP contribution in [0.15, 0.2) is 48.9 Å². The highest BCUT2D eigenvalue weighted by Gasteiger charge is 2.16. The van der Waals surface area contributed by atoms with Crippen LogP contribution in [0.2, 0.25) is 0 Å². The Balaban J connectivity index is 1.68. The van der Waals surface area contributed by atoms with Gasteiger partial charge >= 0.3 is 0 Å². The van der Waals surface area contributed by atoms with E-state index in [1.807, 2.05) is 18.3 Å². The molecule has 23 heavy (non-hydrogen) atoms. The van der Waals surface area contributed by atoms with Crippen molar-refractivity contribution in [2.24, 2.45) is 0 Å². The minimum absolute atomic E-state index is 0.671. The Morgan fingerprint density at radius 1 is 1.04 bits per heavy atom. The summed E-state index contributed by atoms with van der Waals surface area (Å²) in [7, 11) is 0. The lowest BCUT2D eigenvalue weighted by molar-refractivity contribution is 0.134. The lowest BCUT2D eigenvalue weighted by Gasteiger charge is -2.08. The summed E-state index contributed by atoms with van der Waals surface area (Å²) in [6.45, 7) is 1.37. The molecule has 0 bridgehead atoms. The van der Waals surface area contributed by atoms with Crippen LogP contribution in [0.25, 0.3) is 28.2 Å². The van der Waals surface area contributed by atoms with Crippen LogP contribution < -0.4 is 0 Å². The van der Waals surface area contributed by atoms with E-state index in [2.05, 4.69) is 42.9 Å². The summed E-state index contributed by atoms with van der Waals surface area (Å²) in [5.74, 6) is 0.819. The van der Waals surface area contributed by atoms with Crippen molar-refractivity contribution in [3.63, 3.8) is 0 Å². The van der Waals surface area contributed by atoms with E-state index in [4.69, 9.17) is 4.74 Å². The third-order valence-corrected chi connectivity index (χ3v) is 4.18. The van der Waals surface area contributed by atoms with Crippen LogP contribution in [0.1, 0.15) is 11.1 Å². The van der Waals surface area contributed by atoms with Crippen LogP contribution >= 0.6 is 0 Å². The first-order valence-electron chi connectivity index (χ1n) is 7.43. The zero-order valence-electron chi connectivity index (χ0n) is 12.2. The number of hydrogen-bond acceptors (Lipinski definition) is 4. The van der Waals surface area contributed by atoms with Crippen LogP contribution in [0.5, 0.6) is 0 Å². The van der Waals surface area contributed by atoms with Gasteiger partial charge in [-0.2, -0.15) is 5.10 Å². The molecule has 3 aromatic heterocycles. The van der Waals surface area contributed by atoms with Crippen molar-refractivity contribution in [2.75, 3.05) is 0 Å². The molecule has 0 atom stereocenters. The lowest BCUT2D eigenvalue weighted by Crippen LogP contribution is -1.98. The quantitative estimate of drug-likeness (QED) is 0.618. The summed E-state index contributed by atoms with van der Waals surface area (Å²) >= 11 is 0. The second-order valence-corrected chi connectivity index (χ2v) is 5.54. The highest BCUT2D eigenvalue weighted by Crippen LogP contribution is 2.28. The van der Waals surface area contributed by atoms with Gasteiger partial charge in [0.1, 0.15) is 5.69 Å². The molecule has 4 heterocycles. The van der Waals surface area contributed by atoms with Gasteiger partial charge in [-0.1, -0.05) is 6.07 Å². The summed E-state index contributed by atoms with van der Waals surface area (Å²) in [6.07, 6.45) is 5.48. The molecule has 0 fully saturated rings. The monoisotopic (exact) mass is 303 g/mol. The van der Waals surface area contributed by atoms with E-state index in [-0.39, 0.29) is 0 Å². The van der Waals surface area contributed by atoms with Gasteiger partial charge in [-0.3, -0.25) is 9.67 Å². The van der Waals surface area contributed by atoms with E-state index < -0.39 is 0 Å². The Morgan fingerprint density at radius 2 is 2.00 bits per heavy atom. The normalized spacial score (nSPS) is 13.6. The largest absolute Gasteiger partial charge is 0.372 e. The van der Waals surface area contributed by atoms with Crippen LogP contribution in [0.3, 0.4) is 0 Å². The van der Waals surface area contributed by atoms with E-state index in [0.717, 1.165) is 22.6 Å². The molecule has 5 rings (SSSR count). The third kappa shape index (κ3) is 1.89. The number of ether oxygens (including phenoxy) is 1. The van der Waals surface area contributed by atoms with Gasteiger partial charge in [0.2, 0.25) is 0 Å². The average molecular weight is 303 g/mol. The molecule has 1 aromatic carbocycles. The molecule has 0 unspecified atom stereocenters. The molecular formula is C17H13N5O. The average Bonchev–Trinajstić information content (AvgIpc) is 3.32. The first-order chi connectivity index (χ1) is 11.4. The predicted octanol–water partition coefficient (Wildman–Crippen LogP) is 2.84. The Hall–Kier alpha value is -2.99. The van der Waals surface area contributed by atoms with Crippen molar-refractivity contribution in [1.82, 2.24) is 24.7 Å². The van der Waals surface area contributed by atoms with Gasteiger partial charge in [0, 0.05) is 29.7 Å². The Labute approximate surface area is 131 Å². The number of rotatable bonds is 2. The molecule has 0 radical (unpaired) electrons. The molecule has 112 valence electrons. The van der Waals surface area contributed by atoms with Crippen LogP contribution in [-0.4, -0.2) is 24.7 Å².